The zero-order valence-corrected chi connectivity index (χ0v) is 27.7. The van der Waals surface area contributed by atoms with Gasteiger partial charge in [0.15, 0.2) is 11.6 Å². The first kappa shape index (κ1) is 32.0. The first-order valence-electron chi connectivity index (χ1n) is 14.6. The van der Waals surface area contributed by atoms with Crippen LogP contribution in [0.4, 0.5) is 26.0 Å². The quantitative estimate of drug-likeness (QED) is 0.139. The lowest BCUT2D eigenvalue weighted by Crippen LogP contribution is -2.60. The SMILES string of the molecule is C=CC(=O)N1CC2CNc3c(F)c(-c4c(N)c(Cl)cc(Cl)c4F)c(Cl)c4c3c(nc(=O)n4-c3c(C)ccnc3C(C)C)N2CC1C. The molecule has 2 aliphatic rings. The van der Waals surface area contributed by atoms with Crippen molar-refractivity contribution in [2.45, 2.75) is 45.7 Å². The lowest BCUT2D eigenvalue weighted by atomic mass is 9.97. The average molecular weight is 689 g/mol. The fourth-order valence-corrected chi connectivity index (χ4v) is 7.27. The number of amides is 1. The Kier molecular flexibility index (Phi) is 8.15. The molecule has 6 rings (SSSR count). The van der Waals surface area contributed by atoms with Crippen molar-refractivity contribution in [2.75, 3.05) is 35.6 Å². The summed E-state index contributed by atoms with van der Waals surface area (Å²) in [4.78, 5) is 39.6. The maximum Gasteiger partial charge on any atom is 0.354 e. The number of nitrogen functional groups attached to an aromatic ring is 1. The second-order valence-electron chi connectivity index (χ2n) is 11.8. The number of carbonyl (C=O) groups excluding carboxylic acids is 1. The fourth-order valence-electron chi connectivity index (χ4n) is 6.45. The number of nitrogens with two attached hydrogens (primary N) is 1. The number of pyridine rings is 1. The van der Waals surface area contributed by atoms with Crippen LogP contribution < -0.4 is 21.6 Å². The molecular weight excluding hydrogens is 659 g/mol. The van der Waals surface area contributed by atoms with Crippen LogP contribution >= 0.6 is 34.8 Å². The number of hydrogen-bond donors (Lipinski definition) is 2. The van der Waals surface area contributed by atoms with E-state index in [0.717, 1.165) is 6.07 Å². The van der Waals surface area contributed by atoms with Crippen molar-refractivity contribution < 1.29 is 13.6 Å². The summed E-state index contributed by atoms with van der Waals surface area (Å²) in [5, 5.41) is 2.58. The Morgan fingerprint density at radius 2 is 1.89 bits per heavy atom. The number of nitrogens with zero attached hydrogens (tertiary/aromatic N) is 5. The van der Waals surface area contributed by atoms with Gasteiger partial charge in [0.25, 0.3) is 0 Å². The van der Waals surface area contributed by atoms with Gasteiger partial charge in [-0.05, 0) is 43.5 Å². The minimum absolute atomic E-state index is 0.0707. The molecule has 2 aromatic heterocycles. The minimum Gasteiger partial charge on any atom is -0.397 e. The van der Waals surface area contributed by atoms with Crippen molar-refractivity contribution in [3.05, 3.63) is 79.4 Å². The molecule has 0 spiro atoms. The second kappa shape index (κ2) is 11.7. The molecule has 0 bridgehead atoms. The predicted molar refractivity (Wildman–Crippen MR) is 180 cm³/mol. The number of halogens is 5. The predicted octanol–water partition coefficient (Wildman–Crippen LogP) is 6.72. The van der Waals surface area contributed by atoms with Crippen LogP contribution in [0.15, 0.2) is 35.8 Å². The molecule has 14 heteroatoms. The highest BCUT2D eigenvalue weighted by Gasteiger charge is 2.40. The number of piperazine rings is 1. The molecule has 3 N–H and O–H groups in total. The van der Waals surface area contributed by atoms with E-state index in [1.165, 1.54) is 10.6 Å². The van der Waals surface area contributed by atoms with E-state index in [0.29, 0.717) is 16.9 Å². The van der Waals surface area contributed by atoms with Gasteiger partial charge in [-0.25, -0.2) is 13.6 Å². The van der Waals surface area contributed by atoms with Crippen LogP contribution in [0.5, 0.6) is 0 Å². The first-order valence-corrected chi connectivity index (χ1v) is 15.7. The summed E-state index contributed by atoms with van der Waals surface area (Å²) in [6, 6.07) is 2.15. The van der Waals surface area contributed by atoms with Crippen LogP contribution in [-0.2, 0) is 4.79 Å². The zero-order chi connectivity index (χ0) is 33.4. The monoisotopic (exact) mass is 687 g/mol. The molecule has 1 saturated heterocycles. The van der Waals surface area contributed by atoms with E-state index >= 15 is 8.78 Å². The Morgan fingerprint density at radius 1 is 1.17 bits per heavy atom. The van der Waals surface area contributed by atoms with Crippen molar-refractivity contribution in [2.24, 2.45) is 0 Å². The molecule has 9 nitrogen and oxygen atoms in total. The van der Waals surface area contributed by atoms with Gasteiger partial charge >= 0.3 is 5.69 Å². The van der Waals surface area contributed by atoms with Crippen molar-refractivity contribution in [1.29, 1.82) is 0 Å². The highest BCUT2D eigenvalue weighted by atomic mass is 35.5. The van der Waals surface area contributed by atoms with Crippen LogP contribution in [0.1, 0.15) is 37.9 Å². The van der Waals surface area contributed by atoms with E-state index in [4.69, 9.17) is 40.5 Å². The maximum atomic E-state index is 17.0. The molecule has 2 aliphatic heterocycles. The number of benzene rings is 2. The van der Waals surface area contributed by atoms with E-state index < -0.39 is 34.5 Å². The summed E-state index contributed by atoms with van der Waals surface area (Å²) in [5.74, 6) is -2.18. The summed E-state index contributed by atoms with van der Waals surface area (Å²) in [6.07, 6.45) is 2.88. The Labute approximate surface area is 278 Å². The second-order valence-corrected chi connectivity index (χ2v) is 13.0. The summed E-state index contributed by atoms with van der Waals surface area (Å²) in [5.41, 5.74) is 6.06. The van der Waals surface area contributed by atoms with Crippen molar-refractivity contribution >= 4 is 68.8 Å². The van der Waals surface area contributed by atoms with Gasteiger partial charge in [-0.3, -0.25) is 14.3 Å². The summed E-state index contributed by atoms with van der Waals surface area (Å²) in [7, 11) is 0. The van der Waals surface area contributed by atoms with Gasteiger partial charge in [-0.15, -0.1) is 0 Å². The molecule has 2 atom stereocenters. The third-order valence-electron chi connectivity index (χ3n) is 8.66. The molecule has 46 heavy (non-hydrogen) atoms. The van der Waals surface area contributed by atoms with Crippen molar-refractivity contribution in [3.8, 4) is 16.8 Å². The Hall–Kier alpha value is -3.93. The lowest BCUT2D eigenvalue weighted by molar-refractivity contribution is -0.128. The highest BCUT2D eigenvalue weighted by Crippen LogP contribution is 2.50. The molecule has 0 saturated carbocycles. The summed E-state index contributed by atoms with van der Waals surface area (Å²) >= 11 is 19.6. The summed E-state index contributed by atoms with van der Waals surface area (Å²) in [6.45, 7) is 11.8. The average Bonchev–Trinajstić information content (AvgIpc) is 3.16. The molecule has 1 amide bonds. The number of fused-ring (bicyclic) bond motifs is 2. The van der Waals surface area contributed by atoms with Crippen molar-refractivity contribution in [1.82, 2.24) is 19.4 Å². The third-order valence-corrected chi connectivity index (χ3v) is 9.62. The molecular formula is C32H30Cl3F2N7O2. The number of nitrogens with one attached hydrogen (secondary N) is 1. The maximum absolute atomic E-state index is 17.0. The van der Waals surface area contributed by atoms with Gasteiger partial charge in [-0.2, -0.15) is 4.98 Å². The Balaban J connectivity index is 1.79. The van der Waals surface area contributed by atoms with E-state index in [-0.39, 0.29) is 80.7 Å². The number of aryl methyl sites for hydroxylation is 1. The van der Waals surface area contributed by atoms with E-state index in [1.54, 1.807) is 17.2 Å². The van der Waals surface area contributed by atoms with E-state index in [2.05, 4.69) is 21.9 Å². The number of anilines is 3. The van der Waals surface area contributed by atoms with Gasteiger partial charge in [0.1, 0.15) is 5.82 Å². The van der Waals surface area contributed by atoms with Crippen LogP contribution in [0.2, 0.25) is 15.1 Å². The molecule has 2 aromatic carbocycles. The number of rotatable bonds is 4. The van der Waals surface area contributed by atoms with Gasteiger partial charge in [0.05, 0.1) is 54.8 Å². The topological polar surface area (TPSA) is 109 Å². The van der Waals surface area contributed by atoms with Gasteiger partial charge in [-0.1, -0.05) is 55.2 Å². The van der Waals surface area contributed by atoms with Gasteiger partial charge < -0.3 is 20.9 Å². The normalized spacial score (nSPS) is 17.6. The Bertz CT molecular complexity index is 2010. The van der Waals surface area contributed by atoms with Gasteiger partial charge in [0.2, 0.25) is 5.91 Å². The molecule has 0 radical (unpaired) electrons. The molecule has 240 valence electrons. The molecule has 2 unspecified atom stereocenters. The largest absolute Gasteiger partial charge is 0.397 e. The number of aromatic nitrogens is 3. The molecule has 4 heterocycles. The Morgan fingerprint density at radius 3 is 2.57 bits per heavy atom. The molecule has 1 fully saturated rings. The smallest absolute Gasteiger partial charge is 0.354 e. The van der Waals surface area contributed by atoms with Crippen molar-refractivity contribution in [3.63, 3.8) is 0 Å². The summed E-state index contributed by atoms with van der Waals surface area (Å²) < 4.78 is 34.1. The molecule has 4 aromatic rings. The zero-order valence-electron chi connectivity index (χ0n) is 25.4. The minimum atomic E-state index is -1.03. The van der Waals surface area contributed by atoms with Gasteiger partial charge in [0, 0.05) is 43.0 Å². The fraction of sp³-hybridized carbons (Fsp3) is 0.312. The van der Waals surface area contributed by atoms with E-state index in [1.807, 2.05) is 32.6 Å². The number of carbonyl (C=O) groups is 1. The van der Waals surface area contributed by atoms with Crippen LogP contribution in [-0.4, -0.2) is 57.1 Å². The highest BCUT2D eigenvalue weighted by molar-refractivity contribution is 6.41. The van der Waals surface area contributed by atoms with Crippen LogP contribution in [0.25, 0.3) is 27.7 Å². The number of hydrogen-bond acceptors (Lipinski definition) is 7. The standard InChI is InChI=1S/C32H30Cl3F2N7O2/c1-6-19(45)42-12-16-10-40-28-22-30(23(35)20(25(28)37)21-24(36)17(33)9-18(34)26(21)38)44(29-14(4)7-8-39-27(29)13(2)3)32(46)41-31(22)43(16)11-15(42)5/h6-9,13,15-16,40H,1,10-12,38H2,2-5H3. The lowest BCUT2D eigenvalue weighted by Gasteiger charge is -2.45. The van der Waals surface area contributed by atoms with E-state index in [9.17, 15) is 9.59 Å². The van der Waals surface area contributed by atoms with Crippen LogP contribution in [0.3, 0.4) is 0 Å². The van der Waals surface area contributed by atoms with Crippen LogP contribution in [0, 0.1) is 18.6 Å². The third kappa shape index (κ3) is 4.78. The molecule has 0 aliphatic carbocycles. The first-order chi connectivity index (χ1) is 21.8.